The van der Waals surface area contributed by atoms with Gasteiger partial charge in [-0.25, -0.2) is 0 Å². The number of H-pyrrole nitrogens is 1. The van der Waals surface area contributed by atoms with Crippen LogP contribution >= 0.6 is 0 Å². The van der Waals surface area contributed by atoms with Gasteiger partial charge in [-0.05, 0) is 60.6 Å². The number of nitrogens with zero attached hydrogens (tertiary/aromatic N) is 1. The Labute approximate surface area is 160 Å². The minimum atomic E-state index is 0.139. The van der Waals surface area contributed by atoms with Crippen molar-refractivity contribution in [2.24, 2.45) is 5.92 Å². The first-order valence-electron chi connectivity index (χ1n) is 9.71. The highest BCUT2D eigenvalue weighted by Gasteiger charge is 2.24. The van der Waals surface area contributed by atoms with E-state index in [1.54, 1.807) is 7.11 Å². The molecule has 1 aromatic heterocycles. The van der Waals surface area contributed by atoms with Crippen molar-refractivity contribution in [3.8, 4) is 11.1 Å². The normalized spacial score (nSPS) is 17.4. The number of carbonyl (C=O) groups excluding carboxylic acids is 1. The molecule has 4 rings (SSSR count). The van der Waals surface area contributed by atoms with E-state index < -0.39 is 0 Å². The van der Waals surface area contributed by atoms with Gasteiger partial charge in [0, 0.05) is 49.5 Å². The lowest BCUT2D eigenvalue weighted by atomic mass is 9.94. The van der Waals surface area contributed by atoms with E-state index in [4.69, 9.17) is 4.74 Å². The number of hydrogen-bond donors (Lipinski definition) is 1. The third-order valence-corrected chi connectivity index (χ3v) is 5.55. The smallest absolute Gasteiger partial charge is 0.253 e. The van der Waals surface area contributed by atoms with E-state index in [1.807, 2.05) is 35.4 Å². The lowest BCUT2D eigenvalue weighted by molar-refractivity contribution is 0.0642. The molecule has 0 unspecified atom stereocenters. The fourth-order valence-electron chi connectivity index (χ4n) is 4.11. The van der Waals surface area contributed by atoms with Crippen LogP contribution in [-0.2, 0) is 4.74 Å². The van der Waals surface area contributed by atoms with Crippen molar-refractivity contribution in [1.29, 1.82) is 0 Å². The highest BCUT2D eigenvalue weighted by atomic mass is 16.5. The van der Waals surface area contributed by atoms with Crippen LogP contribution in [0.1, 0.15) is 29.6 Å². The van der Waals surface area contributed by atoms with E-state index in [9.17, 15) is 4.79 Å². The number of rotatable bonds is 5. The zero-order valence-corrected chi connectivity index (χ0v) is 15.8. The van der Waals surface area contributed by atoms with Gasteiger partial charge in [0.2, 0.25) is 0 Å². The van der Waals surface area contributed by atoms with Crippen molar-refractivity contribution in [2.75, 3.05) is 26.8 Å². The summed E-state index contributed by atoms with van der Waals surface area (Å²) in [5.41, 5.74) is 4.12. The standard InChI is InChI=1S/C23H26N2O2/c1-27-14-11-17-5-4-13-25(16-17)23(26)19-7-2-6-18(15-19)20-8-3-9-22-21(20)10-12-24-22/h2-3,6-10,12,15,17,24H,4-5,11,13-14,16H2,1H3/t17-/m0/s1. The van der Waals surface area contributed by atoms with Crippen LogP contribution < -0.4 is 0 Å². The average Bonchev–Trinajstić information content (AvgIpc) is 3.21. The molecule has 0 saturated carbocycles. The zero-order valence-electron chi connectivity index (χ0n) is 15.8. The number of ether oxygens (including phenoxy) is 1. The Morgan fingerprint density at radius 3 is 3.00 bits per heavy atom. The van der Waals surface area contributed by atoms with Crippen molar-refractivity contribution in [1.82, 2.24) is 9.88 Å². The van der Waals surface area contributed by atoms with Crippen molar-refractivity contribution >= 4 is 16.8 Å². The van der Waals surface area contributed by atoms with Gasteiger partial charge in [-0.2, -0.15) is 0 Å². The summed E-state index contributed by atoms with van der Waals surface area (Å²) in [6.45, 7) is 2.45. The largest absolute Gasteiger partial charge is 0.385 e. The number of carbonyl (C=O) groups is 1. The maximum atomic E-state index is 13.1. The molecule has 1 aliphatic heterocycles. The fraction of sp³-hybridized carbons (Fsp3) is 0.348. The maximum absolute atomic E-state index is 13.1. The van der Waals surface area contributed by atoms with Gasteiger partial charge >= 0.3 is 0 Å². The predicted octanol–water partition coefficient (Wildman–Crippen LogP) is 4.72. The highest BCUT2D eigenvalue weighted by molar-refractivity contribution is 5.99. The van der Waals surface area contributed by atoms with Crippen LogP contribution in [0, 0.1) is 5.92 Å². The van der Waals surface area contributed by atoms with E-state index in [1.165, 1.54) is 11.8 Å². The second kappa shape index (κ2) is 7.97. The van der Waals surface area contributed by atoms with Crippen molar-refractivity contribution in [3.63, 3.8) is 0 Å². The number of methoxy groups -OCH3 is 1. The lowest BCUT2D eigenvalue weighted by Gasteiger charge is -2.33. The quantitative estimate of drug-likeness (QED) is 0.713. The summed E-state index contributed by atoms with van der Waals surface area (Å²) in [7, 11) is 1.74. The Morgan fingerprint density at radius 2 is 2.11 bits per heavy atom. The molecule has 3 aromatic rings. The van der Waals surface area contributed by atoms with Crippen molar-refractivity contribution in [3.05, 3.63) is 60.3 Å². The van der Waals surface area contributed by atoms with E-state index in [0.29, 0.717) is 5.92 Å². The monoisotopic (exact) mass is 362 g/mol. The van der Waals surface area contributed by atoms with Crippen LogP contribution in [0.4, 0.5) is 0 Å². The summed E-state index contributed by atoms with van der Waals surface area (Å²) in [4.78, 5) is 18.4. The zero-order chi connectivity index (χ0) is 18.6. The fourth-order valence-corrected chi connectivity index (χ4v) is 4.11. The number of amides is 1. The van der Waals surface area contributed by atoms with Gasteiger partial charge in [0.25, 0.3) is 5.91 Å². The van der Waals surface area contributed by atoms with Gasteiger partial charge in [-0.3, -0.25) is 4.79 Å². The van der Waals surface area contributed by atoms with Gasteiger partial charge in [0.15, 0.2) is 0 Å². The minimum Gasteiger partial charge on any atom is -0.385 e. The Morgan fingerprint density at radius 1 is 1.22 bits per heavy atom. The number of aromatic nitrogens is 1. The molecule has 1 fully saturated rings. The number of fused-ring (bicyclic) bond motifs is 1. The van der Waals surface area contributed by atoms with Crippen LogP contribution in [0.25, 0.3) is 22.0 Å². The van der Waals surface area contributed by atoms with Gasteiger partial charge in [0.1, 0.15) is 0 Å². The summed E-state index contributed by atoms with van der Waals surface area (Å²) in [5.74, 6) is 0.680. The predicted molar refractivity (Wildman–Crippen MR) is 109 cm³/mol. The summed E-state index contributed by atoms with van der Waals surface area (Å²) in [6, 6.07) is 16.3. The van der Waals surface area contributed by atoms with Crippen molar-refractivity contribution < 1.29 is 9.53 Å². The molecule has 1 aliphatic rings. The van der Waals surface area contributed by atoms with Crippen molar-refractivity contribution in [2.45, 2.75) is 19.3 Å². The van der Waals surface area contributed by atoms with Gasteiger partial charge in [0.05, 0.1) is 0 Å². The molecule has 2 aromatic carbocycles. The van der Waals surface area contributed by atoms with Crippen LogP contribution in [0.2, 0.25) is 0 Å². The molecular formula is C23H26N2O2. The van der Waals surface area contributed by atoms with Crippen LogP contribution in [0.5, 0.6) is 0 Å². The summed E-state index contributed by atoms with van der Waals surface area (Å²) >= 11 is 0. The number of nitrogens with one attached hydrogen (secondary N) is 1. The molecule has 27 heavy (non-hydrogen) atoms. The topological polar surface area (TPSA) is 45.3 Å². The number of likely N-dealkylation sites (tertiary alicyclic amines) is 1. The SMILES string of the molecule is COCC[C@@H]1CCCN(C(=O)c2cccc(-c3cccc4[nH]ccc34)c2)C1. The second-order valence-corrected chi connectivity index (χ2v) is 7.37. The third kappa shape index (κ3) is 3.76. The maximum Gasteiger partial charge on any atom is 0.253 e. The number of hydrogen-bond acceptors (Lipinski definition) is 2. The molecule has 0 radical (unpaired) electrons. The second-order valence-electron chi connectivity index (χ2n) is 7.37. The molecule has 1 amide bonds. The molecule has 0 aliphatic carbocycles. The minimum absolute atomic E-state index is 0.139. The average molecular weight is 362 g/mol. The Balaban J connectivity index is 1.57. The Bertz CT molecular complexity index is 931. The summed E-state index contributed by atoms with van der Waals surface area (Å²) < 4.78 is 5.21. The molecule has 1 atom stereocenters. The van der Waals surface area contributed by atoms with Crippen LogP contribution in [0.15, 0.2) is 54.7 Å². The number of piperidine rings is 1. The summed E-state index contributed by atoms with van der Waals surface area (Å²) in [5, 5.41) is 1.18. The van der Waals surface area contributed by atoms with Gasteiger partial charge < -0.3 is 14.6 Å². The van der Waals surface area contributed by atoms with E-state index in [-0.39, 0.29) is 5.91 Å². The molecule has 4 nitrogen and oxygen atoms in total. The lowest BCUT2D eigenvalue weighted by Crippen LogP contribution is -2.40. The van der Waals surface area contributed by atoms with Crippen LogP contribution in [0.3, 0.4) is 0 Å². The molecule has 0 bridgehead atoms. The molecule has 1 N–H and O–H groups in total. The Kier molecular flexibility index (Phi) is 5.26. The molecule has 4 heteroatoms. The first-order valence-corrected chi connectivity index (χ1v) is 9.71. The first kappa shape index (κ1) is 17.8. The molecular weight excluding hydrogens is 336 g/mol. The third-order valence-electron chi connectivity index (χ3n) is 5.55. The van der Waals surface area contributed by atoms with Crippen LogP contribution in [-0.4, -0.2) is 42.6 Å². The molecule has 0 spiro atoms. The molecule has 140 valence electrons. The number of aromatic amines is 1. The van der Waals surface area contributed by atoms with E-state index in [0.717, 1.165) is 54.7 Å². The number of benzene rings is 2. The molecule has 2 heterocycles. The Hall–Kier alpha value is -2.59. The molecule has 1 saturated heterocycles. The van der Waals surface area contributed by atoms with Gasteiger partial charge in [-0.1, -0.05) is 24.3 Å². The van der Waals surface area contributed by atoms with Gasteiger partial charge in [-0.15, -0.1) is 0 Å². The van der Waals surface area contributed by atoms with E-state index >= 15 is 0 Å². The van der Waals surface area contributed by atoms with E-state index in [2.05, 4.69) is 29.2 Å². The first-order chi connectivity index (χ1) is 13.3. The summed E-state index contributed by atoms with van der Waals surface area (Å²) in [6.07, 6.45) is 5.23. The highest BCUT2D eigenvalue weighted by Crippen LogP contribution is 2.29.